The van der Waals surface area contributed by atoms with Crippen LogP contribution in [0.15, 0.2) is 34.9 Å². The normalized spacial score (nSPS) is 19.6. The lowest BCUT2D eigenvalue weighted by molar-refractivity contribution is -0.137. The summed E-state index contributed by atoms with van der Waals surface area (Å²) in [6.07, 6.45) is -3.12. The van der Waals surface area contributed by atoms with Gasteiger partial charge in [0, 0.05) is 18.2 Å². The van der Waals surface area contributed by atoms with Crippen molar-refractivity contribution >= 4 is 21.8 Å². The summed E-state index contributed by atoms with van der Waals surface area (Å²) in [7, 11) is -3.25. The SMILES string of the molecule is CS(=O)(=O)C1CC1c1cc(C(=O)OC(=O)c2ccc(C(F)(F)F)cc2)no1. The van der Waals surface area contributed by atoms with Crippen LogP contribution in [0.5, 0.6) is 0 Å². The predicted molar refractivity (Wildman–Crippen MR) is 83.7 cm³/mol. The maximum Gasteiger partial charge on any atom is 0.416 e. The third kappa shape index (κ3) is 4.18. The number of hydrogen-bond acceptors (Lipinski definition) is 7. The molecule has 27 heavy (non-hydrogen) atoms. The molecule has 1 aromatic heterocycles. The van der Waals surface area contributed by atoms with Crippen molar-refractivity contribution in [3.8, 4) is 0 Å². The standard InChI is InChI=1S/C16H12F3NO6S/c1-27(23,24)13-6-10(13)12-7-11(20-26-12)15(22)25-14(21)8-2-4-9(5-3-8)16(17,18)19/h2-5,7,10,13H,6H2,1H3. The minimum Gasteiger partial charge on any atom is -0.384 e. The molecule has 1 saturated carbocycles. The summed E-state index contributed by atoms with van der Waals surface area (Å²) in [6.45, 7) is 0. The molecule has 0 spiro atoms. The Hall–Kier alpha value is -2.69. The van der Waals surface area contributed by atoms with Gasteiger partial charge in [0.2, 0.25) is 0 Å². The van der Waals surface area contributed by atoms with Crippen molar-refractivity contribution in [2.75, 3.05) is 6.26 Å². The summed E-state index contributed by atoms with van der Waals surface area (Å²) in [5.74, 6) is -2.55. The van der Waals surface area contributed by atoms with Crippen LogP contribution in [0.25, 0.3) is 0 Å². The van der Waals surface area contributed by atoms with Gasteiger partial charge < -0.3 is 9.26 Å². The number of halogens is 3. The first-order valence-corrected chi connectivity index (χ1v) is 9.51. The van der Waals surface area contributed by atoms with Crippen LogP contribution in [-0.2, 0) is 20.8 Å². The molecule has 0 bridgehead atoms. The number of aromatic nitrogens is 1. The van der Waals surface area contributed by atoms with Gasteiger partial charge in [0.05, 0.1) is 16.4 Å². The summed E-state index contributed by atoms with van der Waals surface area (Å²) in [5.41, 5.74) is -1.54. The lowest BCUT2D eigenvalue weighted by atomic mass is 10.1. The zero-order valence-corrected chi connectivity index (χ0v) is 14.5. The Balaban J connectivity index is 1.65. The highest BCUT2D eigenvalue weighted by Gasteiger charge is 2.48. The van der Waals surface area contributed by atoms with Gasteiger partial charge in [-0.25, -0.2) is 18.0 Å². The largest absolute Gasteiger partial charge is 0.416 e. The van der Waals surface area contributed by atoms with Crippen molar-refractivity contribution in [2.45, 2.75) is 23.8 Å². The van der Waals surface area contributed by atoms with E-state index in [9.17, 15) is 31.2 Å². The molecule has 0 N–H and O–H groups in total. The second-order valence-electron chi connectivity index (χ2n) is 6.08. The molecular formula is C16H12F3NO6S. The van der Waals surface area contributed by atoms with Crippen molar-refractivity contribution in [3.63, 3.8) is 0 Å². The molecule has 144 valence electrons. The Kier molecular flexibility index (Phi) is 4.58. The van der Waals surface area contributed by atoms with Crippen molar-refractivity contribution in [3.05, 3.63) is 52.9 Å². The molecule has 2 atom stereocenters. The molecule has 2 aromatic rings. The highest BCUT2D eigenvalue weighted by atomic mass is 32.2. The van der Waals surface area contributed by atoms with E-state index in [0.29, 0.717) is 18.6 Å². The predicted octanol–water partition coefficient (Wildman–Crippen LogP) is 2.59. The molecule has 1 heterocycles. The molecule has 0 amide bonds. The highest BCUT2D eigenvalue weighted by Crippen LogP contribution is 2.45. The van der Waals surface area contributed by atoms with E-state index < -0.39 is 44.7 Å². The average molecular weight is 403 g/mol. The quantitative estimate of drug-likeness (QED) is 0.571. The number of carbonyl (C=O) groups excluding carboxylic acids is 2. The zero-order chi connectivity index (χ0) is 20.0. The van der Waals surface area contributed by atoms with E-state index in [-0.39, 0.29) is 17.0 Å². The Morgan fingerprint density at radius 2 is 1.81 bits per heavy atom. The summed E-state index contributed by atoms with van der Waals surface area (Å²) < 4.78 is 69.9. The van der Waals surface area contributed by atoms with Crippen LogP contribution >= 0.6 is 0 Å². The fraction of sp³-hybridized carbons (Fsp3) is 0.312. The zero-order valence-electron chi connectivity index (χ0n) is 13.7. The van der Waals surface area contributed by atoms with Gasteiger partial charge >= 0.3 is 18.1 Å². The van der Waals surface area contributed by atoms with Crippen LogP contribution in [-0.4, -0.2) is 37.0 Å². The van der Waals surface area contributed by atoms with E-state index >= 15 is 0 Å². The number of carbonyl (C=O) groups is 2. The summed E-state index contributed by atoms with van der Waals surface area (Å²) in [4.78, 5) is 23.8. The number of nitrogens with zero attached hydrogens (tertiary/aromatic N) is 1. The molecule has 2 unspecified atom stereocenters. The molecule has 1 fully saturated rings. The van der Waals surface area contributed by atoms with E-state index in [0.717, 1.165) is 18.4 Å². The van der Waals surface area contributed by atoms with E-state index in [1.165, 1.54) is 6.07 Å². The van der Waals surface area contributed by atoms with E-state index in [2.05, 4.69) is 9.89 Å². The Morgan fingerprint density at radius 1 is 1.19 bits per heavy atom. The van der Waals surface area contributed by atoms with Gasteiger partial charge in [0.15, 0.2) is 15.5 Å². The maximum atomic E-state index is 12.5. The molecule has 0 radical (unpaired) electrons. The average Bonchev–Trinajstić information content (AvgIpc) is 3.24. The van der Waals surface area contributed by atoms with Crippen LogP contribution in [0.3, 0.4) is 0 Å². The first-order valence-electron chi connectivity index (χ1n) is 7.56. The number of rotatable bonds is 4. The molecule has 1 aliphatic carbocycles. The summed E-state index contributed by atoms with van der Waals surface area (Å²) >= 11 is 0. The smallest absolute Gasteiger partial charge is 0.384 e. The maximum absolute atomic E-state index is 12.5. The molecule has 11 heteroatoms. The molecule has 0 saturated heterocycles. The lowest BCUT2D eigenvalue weighted by Crippen LogP contribution is -2.13. The van der Waals surface area contributed by atoms with Crippen LogP contribution in [0.2, 0.25) is 0 Å². The first-order chi connectivity index (χ1) is 12.5. The lowest BCUT2D eigenvalue weighted by Gasteiger charge is -2.06. The van der Waals surface area contributed by atoms with Crippen molar-refractivity contribution in [1.29, 1.82) is 0 Å². The van der Waals surface area contributed by atoms with Gasteiger partial charge in [-0.3, -0.25) is 0 Å². The third-order valence-electron chi connectivity index (χ3n) is 4.02. The van der Waals surface area contributed by atoms with E-state index in [4.69, 9.17) is 4.52 Å². The van der Waals surface area contributed by atoms with Gasteiger partial charge in [0.25, 0.3) is 0 Å². The number of esters is 2. The minimum absolute atomic E-state index is 0.180. The van der Waals surface area contributed by atoms with Gasteiger partial charge in [-0.1, -0.05) is 5.16 Å². The molecule has 1 aromatic carbocycles. The topological polar surface area (TPSA) is 104 Å². The minimum atomic E-state index is -4.55. The van der Waals surface area contributed by atoms with Crippen LogP contribution in [0.1, 0.15) is 44.5 Å². The van der Waals surface area contributed by atoms with Gasteiger partial charge in [-0.15, -0.1) is 0 Å². The third-order valence-corrected chi connectivity index (χ3v) is 5.64. The number of alkyl halides is 3. The summed E-state index contributed by atoms with van der Waals surface area (Å²) in [6, 6.07) is 4.32. The van der Waals surface area contributed by atoms with Gasteiger partial charge in [-0.2, -0.15) is 13.2 Å². The number of sulfone groups is 1. The van der Waals surface area contributed by atoms with Crippen molar-refractivity contribution in [2.24, 2.45) is 0 Å². The molecule has 3 rings (SSSR count). The van der Waals surface area contributed by atoms with Crippen LogP contribution in [0.4, 0.5) is 13.2 Å². The molecular weight excluding hydrogens is 391 g/mol. The molecule has 1 aliphatic rings. The Bertz CT molecular complexity index is 994. The van der Waals surface area contributed by atoms with Crippen LogP contribution in [0, 0.1) is 0 Å². The molecule has 7 nitrogen and oxygen atoms in total. The number of hydrogen-bond donors (Lipinski definition) is 0. The number of benzene rings is 1. The van der Waals surface area contributed by atoms with Gasteiger partial charge in [0.1, 0.15) is 5.76 Å². The summed E-state index contributed by atoms with van der Waals surface area (Å²) in [5, 5.41) is 2.83. The van der Waals surface area contributed by atoms with E-state index in [1.807, 2.05) is 0 Å². The second-order valence-corrected chi connectivity index (χ2v) is 8.34. The Labute approximate surface area is 151 Å². The number of ether oxygens (including phenoxy) is 1. The Morgan fingerprint density at radius 3 is 2.33 bits per heavy atom. The molecule has 0 aliphatic heterocycles. The fourth-order valence-electron chi connectivity index (χ4n) is 2.50. The van der Waals surface area contributed by atoms with Gasteiger partial charge in [-0.05, 0) is 30.7 Å². The van der Waals surface area contributed by atoms with Crippen LogP contribution < -0.4 is 0 Å². The first kappa shape index (κ1) is 19.1. The van der Waals surface area contributed by atoms with Crippen molar-refractivity contribution in [1.82, 2.24) is 5.16 Å². The van der Waals surface area contributed by atoms with E-state index in [1.54, 1.807) is 0 Å². The highest BCUT2D eigenvalue weighted by molar-refractivity contribution is 7.91. The fourth-order valence-corrected chi connectivity index (χ4v) is 3.78. The van der Waals surface area contributed by atoms with Crippen molar-refractivity contribution < 1.29 is 40.4 Å². The second kappa shape index (κ2) is 6.48. The monoisotopic (exact) mass is 403 g/mol.